The minimum Gasteiger partial charge on any atom is -0.373 e. The van der Waals surface area contributed by atoms with Crippen LogP contribution < -0.4 is 20.4 Å². The SMILES string of the molecule is CC(C)n1cnc2cc(-c3ccc4c(c3)N([C@H]3C[C@@H](N5CCCCC5)C3)C(O)C43CCN(C(=O)[C@@H]4CCN(C(=O)C5CCN(c6ccc(C7CCC(=O)NC7=O)cn6)CC5)C4)CC3)nc(NC3CC3)c21. The van der Waals surface area contributed by atoms with Crippen LogP contribution >= 0.6 is 0 Å². The van der Waals surface area contributed by atoms with Crippen LogP contribution in [-0.2, 0) is 24.6 Å². The van der Waals surface area contributed by atoms with Gasteiger partial charge < -0.3 is 39.5 Å². The van der Waals surface area contributed by atoms with E-state index in [1.165, 1.54) is 37.9 Å². The highest BCUT2D eigenvalue weighted by molar-refractivity contribution is 6.01. The number of fused-ring (bicyclic) bond motifs is 3. The molecular weight excluding hydrogens is 883 g/mol. The van der Waals surface area contributed by atoms with Crippen molar-refractivity contribution in [3.05, 3.63) is 60.0 Å². The third kappa shape index (κ3) is 8.19. The number of hydrogen-bond acceptors (Lipinski definition) is 12. The van der Waals surface area contributed by atoms with Crippen LogP contribution in [0.2, 0.25) is 0 Å². The van der Waals surface area contributed by atoms with Crippen molar-refractivity contribution in [3.8, 4) is 11.3 Å². The van der Waals surface area contributed by atoms with Gasteiger partial charge in [-0.05, 0) is 133 Å². The predicted molar refractivity (Wildman–Crippen MR) is 267 cm³/mol. The van der Waals surface area contributed by atoms with E-state index in [1.54, 1.807) is 6.20 Å². The fraction of sp³-hybridized carbons (Fsp3) is 0.611. The van der Waals surface area contributed by atoms with E-state index in [4.69, 9.17) is 9.97 Å². The zero-order valence-electron chi connectivity index (χ0n) is 40.9. The van der Waals surface area contributed by atoms with Crippen LogP contribution in [0.4, 0.5) is 17.3 Å². The zero-order valence-corrected chi connectivity index (χ0v) is 40.9. The smallest absolute Gasteiger partial charge is 0.234 e. The molecule has 1 spiro atoms. The molecule has 4 amide bonds. The maximum Gasteiger partial charge on any atom is 0.234 e. The van der Waals surface area contributed by atoms with Gasteiger partial charge in [-0.25, -0.2) is 15.0 Å². The molecule has 3 N–H and O–H groups in total. The highest BCUT2D eigenvalue weighted by Crippen LogP contribution is 2.54. The number of hydrogen-bond donors (Lipinski definition) is 3. The van der Waals surface area contributed by atoms with Crippen molar-refractivity contribution in [1.29, 1.82) is 0 Å². The van der Waals surface area contributed by atoms with Crippen molar-refractivity contribution in [3.63, 3.8) is 0 Å². The van der Waals surface area contributed by atoms with Gasteiger partial charge in [0.05, 0.1) is 29.4 Å². The minimum atomic E-state index is -0.689. The Morgan fingerprint density at radius 2 is 1.57 bits per heavy atom. The minimum absolute atomic E-state index is 0.0930. The average molecular weight is 952 g/mol. The van der Waals surface area contributed by atoms with Crippen molar-refractivity contribution in [1.82, 2.24) is 39.5 Å². The molecule has 8 aliphatic rings. The first-order valence-electron chi connectivity index (χ1n) is 26.6. The van der Waals surface area contributed by atoms with E-state index >= 15 is 0 Å². The van der Waals surface area contributed by atoms with E-state index in [-0.39, 0.29) is 53.5 Å². The van der Waals surface area contributed by atoms with Gasteiger partial charge in [0.15, 0.2) is 5.82 Å². The van der Waals surface area contributed by atoms with Crippen LogP contribution in [0.3, 0.4) is 0 Å². The second-order valence-corrected chi connectivity index (χ2v) is 22.2. The van der Waals surface area contributed by atoms with E-state index in [2.05, 4.69) is 73.0 Å². The number of rotatable bonds is 10. The number of aromatic nitrogens is 4. The number of carbonyl (C=O) groups excluding carboxylic acids is 4. The van der Waals surface area contributed by atoms with Gasteiger partial charge in [0.2, 0.25) is 23.6 Å². The normalized spacial score (nSPS) is 27.3. The summed E-state index contributed by atoms with van der Waals surface area (Å²) in [5, 5.41) is 18.9. The lowest BCUT2D eigenvalue weighted by Crippen LogP contribution is -2.60. The molecule has 16 nitrogen and oxygen atoms in total. The number of nitrogens with zero attached hydrogens (tertiary/aromatic N) is 9. The topological polar surface area (TPSA) is 172 Å². The largest absolute Gasteiger partial charge is 0.373 e. The number of likely N-dealkylation sites (tertiary alicyclic amines) is 3. The molecule has 12 rings (SSSR count). The molecule has 3 atom stereocenters. The third-order valence-corrected chi connectivity index (χ3v) is 17.7. The van der Waals surface area contributed by atoms with E-state index < -0.39 is 11.6 Å². The van der Waals surface area contributed by atoms with E-state index in [0.29, 0.717) is 83.5 Å². The number of pyridine rings is 2. The molecule has 2 unspecified atom stereocenters. The molecule has 0 radical (unpaired) electrons. The lowest BCUT2D eigenvalue weighted by molar-refractivity contribution is -0.139. The second-order valence-electron chi connectivity index (χ2n) is 22.2. The first-order chi connectivity index (χ1) is 34.0. The van der Waals surface area contributed by atoms with Crippen LogP contribution in [0, 0.1) is 11.8 Å². The molecule has 6 aliphatic heterocycles. The Hall–Kier alpha value is -5.61. The molecule has 16 heteroatoms. The number of aliphatic hydroxyl groups excluding tert-OH is 1. The average Bonchev–Trinajstić information content (AvgIpc) is 3.75. The van der Waals surface area contributed by atoms with Crippen LogP contribution in [0.25, 0.3) is 22.3 Å². The number of carbonyl (C=O) groups is 4. The summed E-state index contributed by atoms with van der Waals surface area (Å²) in [6, 6.07) is 14.2. The van der Waals surface area contributed by atoms with Gasteiger partial charge in [-0.3, -0.25) is 24.5 Å². The molecule has 370 valence electrons. The highest BCUT2D eigenvalue weighted by atomic mass is 16.3. The van der Waals surface area contributed by atoms with Crippen molar-refractivity contribution in [2.75, 3.05) is 67.5 Å². The third-order valence-electron chi connectivity index (χ3n) is 17.7. The molecule has 7 fully saturated rings. The van der Waals surface area contributed by atoms with Gasteiger partial charge >= 0.3 is 0 Å². The van der Waals surface area contributed by atoms with Crippen molar-refractivity contribution < 1.29 is 24.3 Å². The summed E-state index contributed by atoms with van der Waals surface area (Å²) in [5.41, 5.74) is 6.48. The van der Waals surface area contributed by atoms with E-state index in [0.717, 1.165) is 83.7 Å². The van der Waals surface area contributed by atoms with Gasteiger partial charge in [-0.1, -0.05) is 24.6 Å². The van der Waals surface area contributed by atoms with Crippen LogP contribution in [0.15, 0.2) is 48.9 Å². The van der Waals surface area contributed by atoms with Gasteiger partial charge in [-0.2, -0.15) is 0 Å². The molecule has 70 heavy (non-hydrogen) atoms. The number of amides is 4. The summed E-state index contributed by atoms with van der Waals surface area (Å²) in [7, 11) is 0. The number of imidazole rings is 1. The molecule has 1 aromatic carbocycles. The summed E-state index contributed by atoms with van der Waals surface area (Å²) in [5.74, 6) is 0.812. The first-order valence-corrected chi connectivity index (χ1v) is 26.6. The number of piperidine rings is 4. The maximum atomic E-state index is 14.3. The molecule has 4 aromatic rings. The predicted octanol–water partition coefficient (Wildman–Crippen LogP) is 5.95. The van der Waals surface area contributed by atoms with Gasteiger partial charge in [0.1, 0.15) is 17.6 Å². The molecule has 9 heterocycles. The monoisotopic (exact) mass is 952 g/mol. The van der Waals surface area contributed by atoms with Crippen molar-refractivity contribution >= 4 is 52.0 Å². The quantitative estimate of drug-likeness (QED) is 0.160. The lowest BCUT2D eigenvalue weighted by atomic mass is 9.72. The summed E-state index contributed by atoms with van der Waals surface area (Å²) < 4.78 is 2.21. The lowest BCUT2D eigenvalue weighted by Gasteiger charge is -2.51. The number of nitrogens with one attached hydrogen (secondary N) is 2. The first kappa shape index (κ1) is 45.5. The Kier molecular flexibility index (Phi) is 11.8. The van der Waals surface area contributed by atoms with Gasteiger partial charge in [0, 0.05) is 98.6 Å². The van der Waals surface area contributed by atoms with E-state index in [9.17, 15) is 24.3 Å². The zero-order chi connectivity index (χ0) is 47.8. The Morgan fingerprint density at radius 1 is 0.814 bits per heavy atom. The van der Waals surface area contributed by atoms with Crippen molar-refractivity contribution in [2.45, 2.75) is 145 Å². The van der Waals surface area contributed by atoms with E-state index in [1.807, 2.05) is 28.3 Å². The fourth-order valence-corrected chi connectivity index (χ4v) is 13.2. The standard InChI is InChI=1S/C54H69N11O5/c1-33(2)64-32-56-44-29-43(58-49(48(44)64)57-38-8-9-38)35-6-11-42-45(26-35)65(40-27-39(28-40)60-19-4-3-5-20-60)53(70)54(42)17-24-62(25-18-54)52(69)37-16-23-63(31-37)51(68)34-14-21-61(22-15-34)46-12-7-36(30-55-46)41-10-13-47(66)59-50(41)67/h6-7,11-12,26,29-30,32-34,37-41,53,70H,3-5,8-10,13-25,27-28,31H2,1-2H3,(H,57,58)(H,59,66,67)/t37-,39-,40+,41?,53?/m1/s1. The second kappa shape index (κ2) is 18.2. The van der Waals surface area contributed by atoms with Crippen LogP contribution in [0.1, 0.15) is 127 Å². The summed E-state index contributed by atoms with van der Waals surface area (Å²) >= 11 is 0. The van der Waals surface area contributed by atoms with Crippen LogP contribution in [0.5, 0.6) is 0 Å². The van der Waals surface area contributed by atoms with Gasteiger partial charge in [0.25, 0.3) is 0 Å². The highest BCUT2D eigenvalue weighted by Gasteiger charge is 2.56. The number of aliphatic hydroxyl groups is 1. The molecule has 5 saturated heterocycles. The molecular formula is C54H69N11O5. The number of anilines is 3. The van der Waals surface area contributed by atoms with Crippen LogP contribution in [-0.4, -0.2) is 140 Å². The van der Waals surface area contributed by atoms with Gasteiger partial charge in [-0.15, -0.1) is 0 Å². The summed E-state index contributed by atoms with van der Waals surface area (Å²) in [6.45, 7) is 10.3. The molecule has 2 saturated carbocycles. The fourth-order valence-electron chi connectivity index (χ4n) is 13.2. The Morgan fingerprint density at radius 3 is 2.29 bits per heavy atom. The Bertz CT molecular complexity index is 2660. The summed E-state index contributed by atoms with van der Waals surface area (Å²) in [6.07, 6.45) is 15.5. The Labute approximate surface area is 410 Å². The molecule has 3 aromatic heterocycles. The maximum absolute atomic E-state index is 14.3. The molecule has 0 bridgehead atoms. The number of imide groups is 1. The number of benzene rings is 1. The van der Waals surface area contributed by atoms with Crippen molar-refractivity contribution in [2.24, 2.45) is 11.8 Å². The summed E-state index contributed by atoms with van der Waals surface area (Å²) in [4.78, 5) is 78.2. The Balaban J connectivity index is 0.711. The molecule has 2 aliphatic carbocycles.